The fourth-order valence-electron chi connectivity index (χ4n) is 2.27. The molecule has 3 rings (SSSR count). The Balaban J connectivity index is 2.02. The Bertz CT molecular complexity index is 701. The van der Waals surface area contributed by atoms with E-state index in [2.05, 4.69) is 10.3 Å². The molecule has 1 aliphatic rings. The summed E-state index contributed by atoms with van der Waals surface area (Å²) in [7, 11) is 0. The zero-order chi connectivity index (χ0) is 14.3. The number of anilines is 1. The number of nitrogens with two attached hydrogens (primary N) is 1. The first-order valence-corrected chi connectivity index (χ1v) is 6.69. The van der Waals surface area contributed by atoms with Crippen molar-refractivity contribution in [1.29, 1.82) is 0 Å². The average Bonchev–Trinajstić information content (AvgIpc) is 3.20. The van der Waals surface area contributed by atoms with Crippen molar-refractivity contribution in [3.05, 3.63) is 24.0 Å². The Morgan fingerprint density at radius 1 is 1.50 bits per heavy atom. The van der Waals surface area contributed by atoms with Crippen LogP contribution in [-0.4, -0.2) is 21.4 Å². The number of fused-ring (bicyclic) bond motifs is 1. The lowest BCUT2D eigenvalue weighted by atomic mass is 10.2. The summed E-state index contributed by atoms with van der Waals surface area (Å²) in [6, 6.07) is 1.76. The second kappa shape index (κ2) is 4.63. The number of nitrogens with zero attached hydrogens (tertiary/aromatic N) is 2. The molecule has 2 amide bonds. The van der Waals surface area contributed by atoms with E-state index in [9.17, 15) is 9.59 Å². The molecule has 1 saturated carbocycles. The Hall–Kier alpha value is -2.37. The van der Waals surface area contributed by atoms with Crippen LogP contribution in [0.15, 0.2) is 18.5 Å². The predicted molar refractivity (Wildman–Crippen MR) is 75.3 cm³/mol. The summed E-state index contributed by atoms with van der Waals surface area (Å²) >= 11 is 0. The van der Waals surface area contributed by atoms with Gasteiger partial charge in [0.2, 0.25) is 5.91 Å². The van der Waals surface area contributed by atoms with Crippen LogP contribution in [0.1, 0.15) is 30.1 Å². The van der Waals surface area contributed by atoms with Crippen LogP contribution in [-0.2, 0) is 11.3 Å². The monoisotopic (exact) mass is 272 g/mol. The van der Waals surface area contributed by atoms with E-state index in [4.69, 9.17) is 5.73 Å². The number of amides is 2. The molecule has 0 bridgehead atoms. The molecule has 6 heteroatoms. The maximum atomic E-state index is 11.8. The van der Waals surface area contributed by atoms with Crippen molar-refractivity contribution in [2.24, 2.45) is 11.7 Å². The normalized spacial score (nSPS) is 14.4. The van der Waals surface area contributed by atoms with Gasteiger partial charge >= 0.3 is 0 Å². The first kappa shape index (κ1) is 12.7. The van der Waals surface area contributed by atoms with E-state index in [1.807, 2.05) is 11.5 Å². The second-order valence-corrected chi connectivity index (χ2v) is 5.05. The number of pyridine rings is 1. The zero-order valence-corrected chi connectivity index (χ0v) is 11.2. The van der Waals surface area contributed by atoms with Gasteiger partial charge in [-0.1, -0.05) is 0 Å². The lowest BCUT2D eigenvalue weighted by Crippen LogP contribution is -2.13. The molecular weight excluding hydrogens is 256 g/mol. The third kappa shape index (κ3) is 2.13. The molecule has 0 unspecified atom stereocenters. The molecule has 0 saturated heterocycles. The predicted octanol–water partition coefficient (Wildman–Crippen LogP) is 1.50. The van der Waals surface area contributed by atoms with Crippen LogP contribution in [0, 0.1) is 5.92 Å². The standard InChI is InChI=1S/C14H16N4O2/c1-2-18-7-11(12(15)19)10-5-9(6-16-13(10)18)17-14(20)8-3-4-8/h5-8H,2-4H2,1H3,(H2,15,19)(H,17,20). The van der Waals surface area contributed by atoms with Gasteiger partial charge in [0.05, 0.1) is 17.4 Å². The van der Waals surface area contributed by atoms with Crippen molar-refractivity contribution < 1.29 is 9.59 Å². The molecule has 3 N–H and O–H groups in total. The summed E-state index contributed by atoms with van der Waals surface area (Å²) in [6.45, 7) is 2.67. The van der Waals surface area contributed by atoms with E-state index in [0.717, 1.165) is 12.8 Å². The molecule has 104 valence electrons. The minimum Gasteiger partial charge on any atom is -0.366 e. The van der Waals surface area contributed by atoms with Crippen molar-refractivity contribution in [3.63, 3.8) is 0 Å². The van der Waals surface area contributed by atoms with Gasteiger partial charge in [-0.05, 0) is 25.8 Å². The van der Waals surface area contributed by atoms with Crippen LogP contribution in [0.2, 0.25) is 0 Å². The Morgan fingerprint density at radius 3 is 2.85 bits per heavy atom. The lowest BCUT2D eigenvalue weighted by molar-refractivity contribution is -0.117. The van der Waals surface area contributed by atoms with Gasteiger partial charge in [-0.2, -0.15) is 0 Å². The van der Waals surface area contributed by atoms with Gasteiger partial charge in [0.1, 0.15) is 5.65 Å². The number of primary amides is 1. The summed E-state index contributed by atoms with van der Waals surface area (Å²) in [5.41, 5.74) is 7.12. The van der Waals surface area contributed by atoms with Gasteiger partial charge in [0.25, 0.3) is 5.91 Å². The summed E-state index contributed by atoms with van der Waals surface area (Å²) in [5.74, 6) is -0.349. The van der Waals surface area contributed by atoms with E-state index in [1.54, 1.807) is 18.5 Å². The molecule has 0 aliphatic heterocycles. The number of aromatic nitrogens is 2. The quantitative estimate of drug-likeness (QED) is 0.883. The number of hydrogen-bond donors (Lipinski definition) is 2. The minimum absolute atomic E-state index is 0.0155. The maximum absolute atomic E-state index is 11.8. The molecule has 1 aliphatic carbocycles. The summed E-state index contributed by atoms with van der Waals surface area (Å²) < 4.78 is 1.86. The van der Waals surface area contributed by atoms with Gasteiger partial charge in [-0.15, -0.1) is 0 Å². The number of carbonyl (C=O) groups is 2. The van der Waals surface area contributed by atoms with E-state index in [-0.39, 0.29) is 11.8 Å². The topological polar surface area (TPSA) is 90.0 Å². The van der Waals surface area contributed by atoms with E-state index >= 15 is 0 Å². The van der Waals surface area contributed by atoms with Crippen molar-refractivity contribution in [1.82, 2.24) is 9.55 Å². The molecule has 1 fully saturated rings. The van der Waals surface area contributed by atoms with Crippen LogP contribution in [0.25, 0.3) is 11.0 Å². The fourth-order valence-corrected chi connectivity index (χ4v) is 2.27. The van der Waals surface area contributed by atoms with E-state index < -0.39 is 5.91 Å². The molecule has 2 aromatic rings. The first-order valence-electron chi connectivity index (χ1n) is 6.69. The number of carbonyl (C=O) groups excluding carboxylic acids is 2. The number of rotatable bonds is 4. The van der Waals surface area contributed by atoms with Crippen LogP contribution >= 0.6 is 0 Å². The van der Waals surface area contributed by atoms with Crippen LogP contribution < -0.4 is 11.1 Å². The van der Waals surface area contributed by atoms with Gasteiger partial charge in [-0.3, -0.25) is 9.59 Å². The van der Waals surface area contributed by atoms with Crippen molar-refractivity contribution >= 4 is 28.5 Å². The molecule has 0 radical (unpaired) electrons. The second-order valence-electron chi connectivity index (χ2n) is 5.05. The van der Waals surface area contributed by atoms with Crippen LogP contribution in [0.5, 0.6) is 0 Å². The van der Waals surface area contributed by atoms with E-state index in [1.165, 1.54) is 0 Å². The minimum atomic E-state index is -0.491. The largest absolute Gasteiger partial charge is 0.366 e. The Kier molecular flexibility index (Phi) is 2.93. The molecule has 6 nitrogen and oxygen atoms in total. The van der Waals surface area contributed by atoms with Crippen LogP contribution in [0.3, 0.4) is 0 Å². The van der Waals surface area contributed by atoms with Crippen molar-refractivity contribution in [3.8, 4) is 0 Å². The fraction of sp³-hybridized carbons (Fsp3) is 0.357. The molecular formula is C14H16N4O2. The number of hydrogen-bond acceptors (Lipinski definition) is 3. The molecule has 2 heterocycles. The highest BCUT2D eigenvalue weighted by Gasteiger charge is 2.29. The Labute approximate surface area is 116 Å². The van der Waals surface area contributed by atoms with Gasteiger partial charge < -0.3 is 15.6 Å². The zero-order valence-electron chi connectivity index (χ0n) is 11.2. The Morgan fingerprint density at radius 2 is 2.25 bits per heavy atom. The number of nitrogens with one attached hydrogen (secondary N) is 1. The maximum Gasteiger partial charge on any atom is 0.250 e. The SMILES string of the molecule is CCn1cc(C(N)=O)c2cc(NC(=O)C3CC3)cnc21. The smallest absolute Gasteiger partial charge is 0.250 e. The van der Waals surface area contributed by atoms with Crippen LogP contribution in [0.4, 0.5) is 5.69 Å². The highest BCUT2D eigenvalue weighted by atomic mass is 16.2. The first-order chi connectivity index (χ1) is 9.60. The third-order valence-corrected chi connectivity index (χ3v) is 3.54. The molecule has 0 aromatic carbocycles. The highest BCUT2D eigenvalue weighted by Crippen LogP contribution is 2.30. The van der Waals surface area contributed by atoms with Gasteiger partial charge in [-0.25, -0.2) is 4.98 Å². The lowest BCUT2D eigenvalue weighted by Gasteiger charge is -2.05. The average molecular weight is 272 g/mol. The van der Waals surface area contributed by atoms with Gasteiger partial charge in [0, 0.05) is 24.0 Å². The van der Waals surface area contributed by atoms with Gasteiger partial charge in [0.15, 0.2) is 0 Å². The summed E-state index contributed by atoms with van der Waals surface area (Å²) in [4.78, 5) is 27.6. The molecule has 0 atom stereocenters. The third-order valence-electron chi connectivity index (χ3n) is 3.54. The molecule has 20 heavy (non-hydrogen) atoms. The summed E-state index contributed by atoms with van der Waals surface area (Å²) in [5, 5.41) is 3.50. The molecule has 0 spiro atoms. The highest BCUT2D eigenvalue weighted by molar-refractivity contribution is 6.06. The number of aryl methyl sites for hydroxylation is 1. The van der Waals surface area contributed by atoms with Crippen molar-refractivity contribution in [2.45, 2.75) is 26.3 Å². The molecule has 2 aromatic heterocycles. The van der Waals surface area contributed by atoms with Crippen molar-refractivity contribution in [2.75, 3.05) is 5.32 Å². The summed E-state index contributed by atoms with van der Waals surface area (Å²) in [6.07, 6.45) is 5.20. The van der Waals surface area contributed by atoms with E-state index in [0.29, 0.717) is 28.8 Å².